The standard InChI is InChI=1S/C12H16N6O5/c1-2-18(22)11(21)8-6(19)7(20)12(23-8)17-4-16-5-9(13)14-3-15-10(5)17/h3-4,6-8,12,18-20H,2H2,1H3,(H2,13,14,15)/t6-,7+,8-,12+/m0/s1. The zero-order valence-electron chi connectivity index (χ0n) is 12.2. The first-order chi connectivity index (χ1) is 11.0. The van der Waals surface area contributed by atoms with Gasteiger partial charge in [-0.05, 0) is 6.92 Å². The Labute approximate surface area is 129 Å². The van der Waals surface area contributed by atoms with Crippen molar-refractivity contribution < 1.29 is 24.8 Å². The normalized spacial score (nSPS) is 29.0. The number of quaternary nitrogens is 1. The number of imidazole rings is 1. The van der Waals surface area contributed by atoms with Crippen molar-refractivity contribution in [2.24, 2.45) is 0 Å². The predicted octanol–water partition coefficient (Wildman–Crippen LogP) is -3.04. The van der Waals surface area contributed by atoms with E-state index < -0.39 is 35.5 Å². The first-order valence-corrected chi connectivity index (χ1v) is 6.97. The second-order valence-electron chi connectivity index (χ2n) is 5.15. The molecule has 3 rings (SSSR count). The number of nitrogens with one attached hydrogen (secondary N) is 1. The highest BCUT2D eigenvalue weighted by Gasteiger charge is 2.50. The summed E-state index contributed by atoms with van der Waals surface area (Å²) in [5, 5.41) is 31.0. The summed E-state index contributed by atoms with van der Waals surface area (Å²) in [5.74, 6) is -0.726. The first kappa shape index (κ1) is 15.7. The zero-order chi connectivity index (χ0) is 16.7. The summed E-state index contributed by atoms with van der Waals surface area (Å²) in [5.41, 5.74) is 6.27. The molecule has 23 heavy (non-hydrogen) atoms. The average Bonchev–Trinajstić information content (AvgIpc) is 3.09. The van der Waals surface area contributed by atoms with E-state index in [1.165, 1.54) is 24.1 Å². The van der Waals surface area contributed by atoms with E-state index in [0.29, 0.717) is 5.52 Å². The number of nitrogens with two attached hydrogens (primary N) is 1. The van der Waals surface area contributed by atoms with Gasteiger partial charge in [0.25, 0.3) is 0 Å². The highest BCUT2D eigenvalue weighted by atomic mass is 16.6. The van der Waals surface area contributed by atoms with Crippen LogP contribution in [0.15, 0.2) is 12.7 Å². The molecule has 2 aromatic heterocycles. The van der Waals surface area contributed by atoms with Gasteiger partial charge in [0.15, 0.2) is 17.7 Å². The SMILES string of the molecule is CC[NH+]([O-])C(=O)[C@H]1O[C@@H](n2cnc3c(N)ncnc32)[C@H](O)[C@@H]1O. The van der Waals surface area contributed by atoms with Crippen molar-refractivity contribution in [1.82, 2.24) is 19.5 Å². The quantitative estimate of drug-likeness (QED) is 0.429. The van der Waals surface area contributed by atoms with Crippen molar-refractivity contribution in [2.75, 3.05) is 12.3 Å². The van der Waals surface area contributed by atoms with Crippen LogP contribution in [-0.4, -0.2) is 60.5 Å². The Hall–Kier alpha value is -2.18. The minimum Gasteiger partial charge on any atom is -0.627 e. The molecule has 1 amide bonds. The van der Waals surface area contributed by atoms with Crippen LogP contribution in [0.5, 0.6) is 0 Å². The molecule has 5 N–H and O–H groups in total. The summed E-state index contributed by atoms with van der Waals surface area (Å²) in [6.45, 7) is 1.52. The van der Waals surface area contributed by atoms with Crippen molar-refractivity contribution in [2.45, 2.75) is 31.5 Å². The van der Waals surface area contributed by atoms with Gasteiger partial charge in [-0.15, -0.1) is 0 Å². The number of nitrogen functional groups attached to an aromatic ring is 1. The van der Waals surface area contributed by atoms with Crippen LogP contribution < -0.4 is 10.8 Å². The third-order valence-corrected chi connectivity index (χ3v) is 3.75. The zero-order valence-corrected chi connectivity index (χ0v) is 12.2. The molecule has 11 heteroatoms. The summed E-state index contributed by atoms with van der Waals surface area (Å²) in [6.07, 6.45) is -2.98. The Morgan fingerprint density at radius 2 is 2.17 bits per heavy atom. The first-order valence-electron chi connectivity index (χ1n) is 6.97. The van der Waals surface area contributed by atoms with Gasteiger partial charge in [0.05, 0.1) is 12.9 Å². The van der Waals surface area contributed by atoms with E-state index >= 15 is 0 Å². The number of nitrogens with zero attached hydrogens (tertiary/aromatic N) is 4. The Morgan fingerprint density at radius 1 is 1.43 bits per heavy atom. The van der Waals surface area contributed by atoms with Gasteiger partial charge in [0, 0.05) is 0 Å². The number of hydrogen-bond donors (Lipinski definition) is 4. The maximum Gasteiger partial charge on any atom is 0.343 e. The second-order valence-corrected chi connectivity index (χ2v) is 5.15. The van der Waals surface area contributed by atoms with E-state index in [-0.39, 0.29) is 18.0 Å². The van der Waals surface area contributed by atoms with Crippen molar-refractivity contribution in [1.29, 1.82) is 0 Å². The van der Waals surface area contributed by atoms with Crippen LogP contribution in [0.25, 0.3) is 11.2 Å². The van der Waals surface area contributed by atoms with Gasteiger partial charge >= 0.3 is 5.91 Å². The Balaban J connectivity index is 1.94. The van der Waals surface area contributed by atoms with Crippen LogP contribution in [0.4, 0.5) is 5.82 Å². The molecule has 0 spiro atoms. The number of rotatable bonds is 3. The van der Waals surface area contributed by atoms with Gasteiger partial charge in [-0.25, -0.2) is 19.7 Å². The lowest BCUT2D eigenvalue weighted by molar-refractivity contribution is -0.765. The number of aliphatic hydroxyl groups is 2. The average molecular weight is 324 g/mol. The number of hydroxylamine groups is 2. The summed E-state index contributed by atoms with van der Waals surface area (Å²) in [7, 11) is 0. The Bertz CT molecular complexity index is 736. The Morgan fingerprint density at radius 3 is 2.87 bits per heavy atom. The van der Waals surface area contributed by atoms with E-state index in [1.54, 1.807) is 0 Å². The Kier molecular flexibility index (Phi) is 3.95. The number of ether oxygens (including phenoxy) is 1. The lowest BCUT2D eigenvalue weighted by Gasteiger charge is -2.22. The third-order valence-electron chi connectivity index (χ3n) is 3.75. The van der Waals surface area contributed by atoms with E-state index in [0.717, 1.165) is 0 Å². The van der Waals surface area contributed by atoms with Gasteiger partial charge in [0.1, 0.15) is 24.1 Å². The number of hydrogen-bond acceptors (Lipinski definition) is 9. The monoisotopic (exact) mass is 324 g/mol. The third kappa shape index (κ3) is 2.44. The summed E-state index contributed by atoms with van der Waals surface area (Å²) >= 11 is 0. The number of aromatic nitrogens is 4. The van der Waals surface area contributed by atoms with Gasteiger partial charge in [-0.1, -0.05) is 0 Å². The van der Waals surface area contributed by atoms with Crippen molar-refractivity contribution in [3.05, 3.63) is 17.9 Å². The van der Waals surface area contributed by atoms with Crippen molar-refractivity contribution in [3.63, 3.8) is 0 Å². The maximum atomic E-state index is 11.9. The molecule has 0 aliphatic carbocycles. The maximum absolute atomic E-state index is 11.9. The van der Waals surface area contributed by atoms with E-state index in [2.05, 4.69) is 15.0 Å². The second kappa shape index (κ2) is 5.79. The molecule has 1 aliphatic rings. The van der Waals surface area contributed by atoms with Gasteiger partial charge in [0.2, 0.25) is 6.10 Å². The highest BCUT2D eigenvalue weighted by molar-refractivity contribution is 5.81. The molecule has 1 saturated heterocycles. The van der Waals surface area contributed by atoms with Crippen LogP contribution >= 0.6 is 0 Å². The molecule has 0 radical (unpaired) electrons. The number of aliphatic hydroxyl groups excluding tert-OH is 2. The molecule has 0 saturated carbocycles. The topological polar surface area (TPSA) is 164 Å². The van der Waals surface area contributed by atoms with Crippen molar-refractivity contribution in [3.8, 4) is 0 Å². The minimum atomic E-state index is -1.53. The van der Waals surface area contributed by atoms with Gasteiger partial charge in [-0.3, -0.25) is 4.57 Å². The van der Waals surface area contributed by atoms with E-state index in [1.807, 2.05) is 0 Å². The molecular formula is C12H16N6O5. The van der Waals surface area contributed by atoms with Crippen LogP contribution in [0.2, 0.25) is 0 Å². The lowest BCUT2D eigenvalue weighted by atomic mass is 10.1. The summed E-state index contributed by atoms with van der Waals surface area (Å²) < 4.78 is 6.75. The van der Waals surface area contributed by atoms with E-state index in [4.69, 9.17) is 10.5 Å². The smallest absolute Gasteiger partial charge is 0.343 e. The number of anilines is 1. The van der Waals surface area contributed by atoms with Crippen LogP contribution in [0.3, 0.4) is 0 Å². The molecule has 0 aromatic carbocycles. The fourth-order valence-corrected chi connectivity index (χ4v) is 2.50. The van der Waals surface area contributed by atoms with E-state index in [9.17, 15) is 20.2 Å². The van der Waals surface area contributed by atoms with Crippen LogP contribution in [-0.2, 0) is 9.53 Å². The molecule has 3 heterocycles. The molecule has 2 aromatic rings. The number of likely N-dealkylation sites (N-methyl/N-ethyl adjacent to an activating group) is 1. The molecule has 1 aliphatic heterocycles. The summed E-state index contributed by atoms with van der Waals surface area (Å²) in [6, 6.07) is 0. The number of carbonyl (C=O) groups excluding carboxylic acids is 1. The molecule has 1 fully saturated rings. The fraction of sp³-hybridized carbons (Fsp3) is 0.500. The molecule has 124 valence electrons. The molecule has 11 nitrogen and oxygen atoms in total. The van der Waals surface area contributed by atoms with Crippen LogP contribution in [0.1, 0.15) is 13.2 Å². The molecule has 5 atom stereocenters. The van der Waals surface area contributed by atoms with Crippen molar-refractivity contribution >= 4 is 22.9 Å². The van der Waals surface area contributed by atoms with Gasteiger partial charge in [-0.2, -0.15) is 0 Å². The molecule has 1 unspecified atom stereocenters. The summed E-state index contributed by atoms with van der Waals surface area (Å²) in [4.78, 5) is 23.8. The molecular weight excluding hydrogens is 308 g/mol. The lowest BCUT2D eigenvalue weighted by Crippen LogP contribution is -3.11. The number of fused-ring (bicyclic) bond motifs is 1. The van der Waals surface area contributed by atoms with Crippen LogP contribution in [0, 0.1) is 5.21 Å². The molecule has 0 bridgehead atoms. The fourth-order valence-electron chi connectivity index (χ4n) is 2.50. The van der Waals surface area contributed by atoms with Gasteiger partial charge < -0.3 is 31.0 Å². The minimum absolute atomic E-state index is 0.00998. The number of carbonyl (C=O) groups is 1. The highest BCUT2D eigenvalue weighted by Crippen LogP contribution is 2.31. The largest absolute Gasteiger partial charge is 0.627 e. The predicted molar refractivity (Wildman–Crippen MR) is 75.5 cm³/mol. The number of amides is 1.